The van der Waals surface area contributed by atoms with Gasteiger partial charge >= 0.3 is 0 Å². The number of fused-ring (bicyclic) bond motifs is 1. The van der Waals surface area contributed by atoms with Gasteiger partial charge in [0.05, 0.1) is 23.7 Å². The zero-order valence-electron chi connectivity index (χ0n) is 17.3. The van der Waals surface area contributed by atoms with E-state index in [0.29, 0.717) is 16.2 Å². The van der Waals surface area contributed by atoms with Gasteiger partial charge in [-0.15, -0.1) is 0 Å². The lowest BCUT2D eigenvalue weighted by atomic mass is 10.1. The Morgan fingerprint density at radius 3 is 2.61 bits per heavy atom. The number of para-hydroxylation sites is 1. The maximum atomic E-state index is 12.4. The summed E-state index contributed by atoms with van der Waals surface area (Å²) in [7, 11) is 0. The summed E-state index contributed by atoms with van der Waals surface area (Å²) in [6.07, 6.45) is 2.48. The number of rotatable bonds is 7. The van der Waals surface area contributed by atoms with Gasteiger partial charge in [-0.1, -0.05) is 61.2 Å². The number of hydrogen-bond donors (Lipinski definition) is 2. The zero-order chi connectivity index (χ0) is 21.8. The van der Waals surface area contributed by atoms with Crippen LogP contribution in [0.4, 0.5) is 0 Å². The van der Waals surface area contributed by atoms with Gasteiger partial charge in [0.2, 0.25) is 5.91 Å². The number of thioether (sulfide) groups is 1. The molecular formula is C23H23N5O2S. The van der Waals surface area contributed by atoms with Gasteiger partial charge in [-0.2, -0.15) is 5.10 Å². The van der Waals surface area contributed by atoms with Crippen molar-refractivity contribution in [1.29, 1.82) is 0 Å². The van der Waals surface area contributed by atoms with Crippen LogP contribution in [-0.2, 0) is 11.2 Å². The smallest absolute Gasteiger partial charge is 0.262 e. The number of aromatic nitrogens is 4. The quantitative estimate of drug-likeness (QED) is 0.343. The molecule has 31 heavy (non-hydrogen) atoms. The van der Waals surface area contributed by atoms with Crippen molar-refractivity contribution in [2.45, 2.75) is 31.5 Å². The molecule has 2 N–H and O–H groups in total. The highest BCUT2D eigenvalue weighted by molar-refractivity contribution is 7.99. The monoisotopic (exact) mass is 433 g/mol. The first-order valence-corrected chi connectivity index (χ1v) is 11.1. The van der Waals surface area contributed by atoms with Crippen LogP contribution < -0.4 is 10.9 Å². The molecule has 0 radical (unpaired) electrons. The third-order valence-corrected chi connectivity index (χ3v) is 5.90. The van der Waals surface area contributed by atoms with Crippen LogP contribution in [0, 0.1) is 0 Å². The van der Waals surface area contributed by atoms with E-state index in [-0.39, 0.29) is 23.3 Å². The number of benzene rings is 2. The van der Waals surface area contributed by atoms with E-state index in [9.17, 15) is 9.59 Å². The Bertz CT molecular complexity index is 1250. The summed E-state index contributed by atoms with van der Waals surface area (Å²) in [5.41, 5.74) is 3.31. The lowest BCUT2D eigenvalue weighted by Gasteiger charge is -2.14. The van der Waals surface area contributed by atoms with Crippen LogP contribution in [-0.4, -0.2) is 31.4 Å². The third kappa shape index (κ3) is 4.69. The fourth-order valence-electron chi connectivity index (χ4n) is 3.27. The predicted molar refractivity (Wildman–Crippen MR) is 123 cm³/mol. The van der Waals surface area contributed by atoms with Gasteiger partial charge in [-0.3, -0.25) is 9.59 Å². The fraction of sp³-hybridized carbons (Fsp3) is 0.217. The highest BCUT2D eigenvalue weighted by Crippen LogP contribution is 2.18. The second kappa shape index (κ2) is 9.18. The number of hydrogen-bond acceptors (Lipinski definition) is 5. The average molecular weight is 434 g/mol. The second-order valence-electron chi connectivity index (χ2n) is 7.17. The molecule has 0 saturated heterocycles. The molecule has 4 aromatic rings. The molecule has 0 bridgehead atoms. The maximum Gasteiger partial charge on any atom is 0.262 e. The van der Waals surface area contributed by atoms with Crippen LogP contribution in [0.5, 0.6) is 0 Å². The van der Waals surface area contributed by atoms with Crippen LogP contribution in [0.25, 0.3) is 16.7 Å². The number of nitrogens with zero attached hydrogens (tertiary/aromatic N) is 3. The van der Waals surface area contributed by atoms with Crippen LogP contribution in [0.2, 0.25) is 0 Å². The van der Waals surface area contributed by atoms with E-state index in [1.807, 2.05) is 49.4 Å². The first-order valence-electron chi connectivity index (χ1n) is 10.1. The highest BCUT2D eigenvalue weighted by atomic mass is 32.2. The maximum absolute atomic E-state index is 12.4. The van der Waals surface area contributed by atoms with Crippen molar-refractivity contribution in [2.75, 3.05) is 5.75 Å². The van der Waals surface area contributed by atoms with Gasteiger partial charge in [0.1, 0.15) is 5.39 Å². The van der Waals surface area contributed by atoms with E-state index in [2.05, 4.69) is 39.4 Å². The lowest BCUT2D eigenvalue weighted by Crippen LogP contribution is -2.28. The number of amides is 1. The minimum atomic E-state index is -0.278. The first-order chi connectivity index (χ1) is 15.0. The van der Waals surface area contributed by atoms with Crippen LogP contribution in [0.3, 0.4) is 0 Å². The van der Waals surface area contributed by atoms with Crippen LogP contribution in [0.1, 0.15) is 31.0 Å². The molecule has 0 aliphatic heterocycles. The lowest BCUT2D eigenvalue weighted by molar-refractivity contribution is -0.119. The van der Waals surface area contributed by atoms with Crippen molar-refractivity contribution in [3.63, 3.8) is 0 Å². The Kier molecular flexibility index (Phi) is 6.18. The number of H-pyrrole nitrogens is 1. The molecule has 1 unspecified atom stereocenters. The van der Waals surface area contributed by atoms with E-state index in [0.717, 1.165) is 17.7 Å². The Hall–Kier alpha value is -3.39. The molecule has 4 rings (SSSR count). The SMILES string of the molecule is CCc1ccc(C(C)NC(=O)CSc2nc3c(cnn3-c3ccccc3)c(=O)[nH]2)cc1. The van der Waals surface area contributed by atoms with Crippen molar-refractivity contribution in [3.8, 4) is 5.69 Å². The van der Waals surface area contributed by atoms with Gasteiger partial charge in [0.15, 0.2) is 10.8 Å². The van der Waals surface area contributed by atoms with Gasteiger partial charge in [0.25, 0.3) is 5.56 Å². The first kappa shape index (κ1) is 20.9. The molecular weight excluding hydrogens is 410 g/mol. The number of carbonyl (C=O) groups is 1. The number of aryl methyl sites for hydroxylation is 1. The number of aromatic amines is 1. The molecule has 0 saturated carbocycles. The highest BCUT2D eigenvalue weighted by Gasteiger charge is 2.14. The average Bonchev–Trinajstić information content (AvgIpc) is 3.23. The van der Waals surface area contributed by atoms with E-state index in [1.54, 1.807) is 4.68 Å². The Morgan fingerprint density at radius 2 is 1.90 bits per heavy atom. The molecule has 2 aromatic carbocycles. The molecule has 1 atom stereocenters. The molecule has 2 aromatic heterocycles. The second-order valence-corrected chi connectivity index (χ2v) is 8.14. The summed E-state index contributed by atoms with van der Waals surface area (Å²) < 4.78 is 1.62. The fourth-order valence-corrected chi connectivity index (χ4v) is 3.93. The van der Waals surface area contributed by atoms with Crippen LogP contribution >= 0.6 is 11.8 Å². The number of nitrogens with one attached hydrogen (secondary N) is 2. The number of carbonyl (C=O) groups excluding carboxylic acids is 1. The van der Waals surface area contributed by atoms with Gasteiger partial charge in [-0.25, -0.2) is 9.67 Å². The summed E-state index contributed by atoms with van der Waals surface area (Å²) in [4.78, 5) is 32.1. The molecule has 8 heteroatoms. The van der Waals surface area contributed by atoms with E-state index in [1.165, 1.54) is 23.5 Å². The Morgan fingerprint density at radius 1 is 1.16 bits per heavy atom. The molecule has 0 fully saturated rings. The third-order valence-electron chi connectivity index (χ3n) is 5.02. The molecule has 1 amide bonds. The molecule has 2 heterocycles. The summed E-state index contributed by atoms with van der Waals surface area (Å²) in [6, 6.07) is 17.6. The molecule has 158 valence electrons. The predicted octanol–water partition coefficient (Wildman–Crippen LogP) is 3.64. The van der Waals surface area contributed by atoms with E-state index < -0.39 is 0 Å². The topological polar surface area (TPSA) is 92.7 Å². The van der Waals surface area contributed by atoms with Crippen LogP contribution in [0.15, 0.2) is 70.7 Å². The summed E-state index contributed by atoms with van der Waals surface area (Å²) in [5, 5.41) is 8.07. The Labute approximate surface area is 183 Å². The minimum absolute atomic E-state index is 0.104. The summed E-state index contributed by atoms with van der Waals surface area (Å²) >= 11 is 1.19. The minimum Gasteiger partial charge on any atom is -0.349 e. The van der Waals surface area contributed by atoms with Crippen molar-refractivity contribution < 1.29 is 4.79 Å². The van der Waals surface area contributed by atoms with Crippen molar-refractivity contribution in [3.05, 3.63) is 82.3 Å². The van der Waals surface area contributed by atoms with Gasteiger partial charge in [-0.05, 0) is 36.6 Å². The largest absolute Gasteiger partial charge is 0.349 e. The van der Waals surface area contributed by atoms with Crippen molar-refractivity contribution >= 4 is 28.7 Å². The molecule has 0 aliphatic carbocycles. The van der Waals surface area contributed by atoms with Gasteiger partial charge in [0, 0.05) is 0 Å². The van der Waals surface area contributed by atoms with Crippen molar-refractivity contribution in [1.82, 2.24) is 25.1 Å². The standard InChI is InChI=1S/C23H23N5O2S/c1-3-16-9-11-17(12-10-16)15(2)25-20(29)14-31-23-26-21-19(22(30)27-23)13-24-28(21)18-7-5-4-6-8-18/h4-13,15H,3,14H2,1-2H3,(H,25,29)(H,26,27,30). The molecule has 0 aliphatic rings. The van der Waals surface area contributed by atoms with E-state index >= 15 is 0 Å². The van der Waals surface area contributed by atoms with E-state index in [4.69, 9.17) is 0 Å². The molecule has 7 nitrogen and oxygen atoms in total. The Balaban J connectivity index is 1.46. The molecule has 0 spiro atoms. The normalized spacial score (nSPS) is 12.1. The summed E-state index contributed by atoms with van der Waals surface area (Å²) in [5.74, 6) is 0.0158. The van der Waals surface area contributed by atoms with Gasteiger partial charge < -0.3 is 10.3 Å². The van der Waals surface area contributed by atoms with Crippen molar-refractivity contribution in [2.24, 2.45) is 0 Å². The summed E-state index contributed by atoms with van der Waals surface area (Å²) in [6.45, 7) is 4.06. The zero-order valence-corrected chi connectivity index (χ0v) is 18.1.